The van der Waals surface area contributed by atoms with Crippen LogP contribution in [-0.2, 0) is 19.0 Å². The maximum atomic E-state index is 11.5. The Morgan fingerprint density at radius 1 is 0.750 bits per heavy atom. The number of carbonyl (C=O) groups excluding carboxylic acids is 2. The van der Waals surface area contributed by atoms with E-state index in [2.05, 4.69) is 5.32 Å². The van der Waals surface area contributed by atoms with Crippen LogP contribution in [0.5, 0.6) is 0 Å². The van der Waals surface area contributed by atoms with Gasteiger partial charge in [0.25, 0.3) is 0 Å². The summed E-state index contributed by atoms with van der Waals surface area (Å²) < 4.78 is 16.4. The first-order chi connectivity index (χ1) is 13.5. The third-order valence-electron chi connectivity index (χ3n) is 4.07. The molecule has 0 radical (unpaired) electrons. The van der Waals surface area contributed by atoms with E-state index in [9.17, 15) is 9.59 Å². The van der Waals surface area contributed by atoms with E-state index in [0.717, 1.165) is 71.2 Å². The SMILES string of the molecule is CC(C)(C)OC(=O)NCCCCOCCCCCCCCOCCCCC=O. The molecule has 0 rings (SSSR count). The van der Waals surface area contributed by atoms with Crippen molar-refractivity contribution in [3.8, 4) is 0 Å². The van der Waals surface area contributed by atoms with Gasteiger partial charge in [0.1, 0.15) is 11.9 Å². The van der Waals surface area contributed by atoms with Crippen LogP contribution in [0.2, 0.25) is 0 Å². The normalized spacial score (nSPS) is 11.4. The van der Waals surface area contributed by atoms with E-state index < -0.39 is 5.60 Å². The van der Waals surface area contributed by atoms with Crippen LogP contribution in [0.1, 0.15) is 91.4 Å². The highest BCUT2D eigenvalue weighted by atomic mass is 16.6. The molecule has 0 aromatic carbocycles. The predicted molar refractivity (Wildman–Crippen MR) is 113 cm³/mol. The molecule has 0 saturated carbocycles. The fourth-order valence-electron chi connectivity index (χ4n) is 2.59. The van der Waals surface area contributed by atoms with Gasteiger partial charge in [-0.15, -0.1) is 0 Å². The lowest BCUT2D eigenvalue weighted by Gasteiger charge is -2.19. The summed E-state index contributed by atoms with van der Waals surface area (Å²) in [4.78, 5) is 21.6. The highest BCUT2D eigenvalue weighted by Crippen LogP contribution is 2.07. The summed E-state index contributed by atoms with van der Waals surface area (Å²) in [5.74, 6) is 0. The van der Waals surface area contributed by atoms with Crippen molar-refractivity contribution in [3.63, 3.8) is 0 Å². The molecular formula is C22H43NO5. The molecule has 0 saturated heterocycles. The zero-order chi connectivity index (χ0) is 20.9. The highest BCUT2D eigenvalue weighted by molar-refractivity contribution is 5.67. The van der Waals surface area contributed by atoms with Crippen molar-refractivity contribution in [2.75, 3.05) is 33.0 Å². The highest BCUT2D eigenvalue weighted by Gasteiger charge is 2.15. The number of amides is 1. The van der Waals surface area contributed by atoms with Crippen LogP contribution in [-0.4, -0.2) is 51.0 Å². The lowest BCUT2D eigenvalue weighted by molar-refractivity contribution is -0.108. The van der Waals surface area contributed by atoms with Gasteiger partial charge in [-0.3, -0.25) is 0 Å². The molecule has 0 heterocycles. The van der Waals surface area contributed by atoms with Crippen molar-refractivity contribution in [2.45, 2.75) is 97.0 Å². The minimum Gasteiger partial charge on any atom is -0.444 e. The standard InChI is InChI=1S/C22H43NO5/c1-22(2,3)28-21(25)23-15-9-14-20-27-18-12-7-5-4-6-11-17-26-19-13-8-10-16-24/h16H,4-15,17-20H2,1-3H3,(H,23,25). The van der Waals surface area contributed by atoms with Crippen LogP contribution in [0, 0.1) is 0 Å². The molecule has 0 unspecified atom stereocenters. The largest absolute Gasteiger partial charge is 0.444 e. The van der Waals surface area contributed by atoms with E-state index in [0.29, 0.717) is 13.0 Å². The number of alkyl carbamates (subject to hydrolysis) is 1. The minimum absolute atomic E-state index is 0.352. The molecule has 28 heavy (non-hydrogen) atoms. The molecule has 0 aromatic rings. The topological polar surface area (TPSA) is 73.9 Å². The second-order valence-corrected chi connectivity index (χ2v) is 8.14. The molecule has 0 fully saturated rings. The number of ether oxygens (including phenoxy) is 3. The lowest BCUT2D eigenvalue weighted by atomic mass is 10.1. The number of hydrogen-bond donors (Lipinski definition) is 1. The van der Waals surface area contributed by atoms with E-state index in [-0.39, 0.29) is 6.09 Å². The third kappa shape index (κ3) is 22.9. The molecule has 1 amide bonds. The lowest BCUT2D eigenvalue weighted by Crippen LogP contribution is -2.33. The fraction of sp³-hybridized carbons (Fsp3) is 0.909. The Hall–Kier alpha value is -1.14. The van der Waals surface area contributed by atoms with Crippen molar-refractivity contribution in [1.29, 1.82) is 0 Å². The Kier molecular flexibility index (Phi) is 18.4. The quantitative estimate of drug-likeness (QED) is 0.243. The Morgan fingerprint density at radius 3 is 1.71 bits per heavy atom. The van der Waals surface area contributed by atoms with Gasteiger partial charge in [-0.05, 0) is 59.3 Å². The van der Waals surface area contributed by atoms with Crippen molar-refractivity contribution in [3.05, 3.63) is 0 Å². The molecule has 0 aliphatic heterocycles. The van der Waals surface area contributed by atoms with Crippen LogP contribution < -0.4 is 5.32 Å². The summed E-state index contributed by atoms with van der Waals surface area (Å²) in [5, 5.41) is 2.76. The summed E-state index contributed by atoms with van der Waals surface area (Å²) in [7, 11) is 0. The average Bonchev–Trinajstić information content (AvgIpc) is 2.62. The number of hydrogen-bond acceptors (Lipinski definition) is 5. The van der Waals surface area contributed by atoms with Crippen molar-refractivity contribution < 1.29 is 23.8 Å². The Morgan fingerprint density at radius 2 is 1.21 bits per heavy atom. The molecular weight excluding hydrogens is 358 g/mol. The van der Waals surface area contributed by atoms with Gasteiger partial charge in [-0.1, -0.05) is 25.7 Å². The van der Waals surface area contributed by atoms with Crippen LogP contribution >= 0.6 is 0 Å². The van der Waals surface area contributed by atoms with Gasteiger partial charge in [-0.25, -0.2) is 4.79 Å². The van der Waals surface area contributed by atoms with Gasteiger partial charge in [0.05, 0.1) is 0 Å². The maximum absolute atomic E-state index is 11.5. The number of unbranched alkanes of at least 4 members (excludes halogenated alkanes) is 8. The van der Waals surface area contributed by atoms with Crippen molar-refractivity contribution in [1.82, 2.24) is 5.32 Å². The summed E-state index contributed by atoms with van der Waals surface area (Å²) >= 11 is 0. The molecule has 0 aliphatic rings. The summed E-state index contributed by atoms with van der Waals surface area (Å²) in [6, 6.07) is 0. The first kappa shape index (κ1) is 26.9. The van der Waals surface area contributed by atoms with Crippen molar-refractivity contribution >= 4 is 12.4 Å². The van der Waals surface area contributed by atoms with Crippen LogP contribution in [0.25, 0.3) is 0 Å². The molecule has 1 N–H and O–H groups in total. The minimum atomic E-state index is -0.445. The van der Waals surface area contributed by atoms with Crippen LogP contribution in [0.3, 0.4) is 0 Å². The Labute approximate surface area is 172 Å². The van der Waals surface area contributed by atoms with Gasteiger partial charge < -0.3 is 24.3 Å². The zero-order valence-corrected chi connectivity index (χ0v) is 18.4. The first-order valence-corrected chi connectivity index (χ1v) is 11.0. The maximum Gasteiger partial charge on any atom is 0.407 e. The van der Waals surface area contributed by atoms with Crippen LogP contribution in [0.4, 0.5) is 4.79 Å². The van der Waals surface area contributed by atoms with Crippen LogP contribution in [0.15, 0.2) is 0 Å². The number of carbonyl (C=O) groups is 2. The second-order valence-electron chi connectivity index (χ2n) is 8.14. The zero-order valence-electron chi connectivity index (χ0n) is 18.4. The van der Waals surface area contributed by atoms with E-state index >= 15 is 0 Å². The molecule has 0 spiro atoms. The molecule has 0 atom stereocenters. The smallest absolute Gasteiger partial charge is 0.407 e. The summed E-state index contributed by atoms with van der Waals surface area (Å²) in [6.45, 7) is 9.39. The molecule has 6 heteroatoms. The van der Waals surface area contributed by atoms with E-state index in [1.54, 1.807) is 0 Å². The molecule has 0 bridgehead atoms. The van der Waals surface area contributed by atoms with E-state index in [4.69, 9.17) is 14.2 Å². The van der Waals surface area contributed by atoms with Crippen molar-refractivity contribution in [2.24, 2.45) is 0 Å². The first-order valence-electron chi connectivity index (χ1n) is 11.0. The predicted octanol–water partition coefficient (Wildman–Crippen LogP) is 5.03. The number of nitrogens with one attached hydrogen (secondary N) is 1. The molecule has 6 nitrogen and oxygen atoms in total. The number of aldehydes is 1. The average molecular weight is 402 g/mol. The molecule has 0 aliphatic carbocycles. The third-order valence-corrected chi connectivity index (χ3v) is 4.07. The second kappa shape index (κ2) is 19.2. The van der Waals surface area contributed by atoms with E-state index in [1.807, 2.05) is 20.8 Å². The fourth-order valence-corrected chi connectivity index (χ4v) is 2.59. The monoisotopic (exact) mass is 401 g/mol. The van der Waals surface area contributed by atoms with E-state index in [1.165, 1.54) is 25.7 Å². The number of rotatable bonds is 19. The Balaban J connectivity index is 3.12. The van der Waals surface area contributed by atoms with Gasteiger partial charge in [-0.2, -0.15) is 0 Å². The van der Waals surface area contributed by atoms with Gasteiger partial charge >= 0.3 is 6.09 Å². The van der Waals surface area contributed by atoms with Gasteiger partial charge in [0.2, 0.25) is 0 Å². The Bertz CT molecular complexity index is 368. The van der Waals surface area contributed by atoms with Gasteiger partial charge in [0.15, 0.2) is 0 Å². The van der Waals surface area contributed by atoms with Gasteiger partial charge in [0, 0.05) is 39.4 Å². The molecule has 166 valence electrons. The summed E-state index contributed by atoms with van der Waals surface area (Å²) in [6.07, 6.45) is 12.2. The molecule has 0 aromatic heterocycles. The summed E-state index contributed by atoms with van der Waals surface area (Å²) in [5.41, 5.74) is -0.445.